The molecule has 0 spiro atoms. The van der Waals surface area contributed by atoms with Crippen LogP contribution < -0.4 is 15.4 Å². The molecule has 0 atom stereocenters. The Labute approximate surface area is 154 Å². The zero-order valence-electron chi connectivity index (χ0n) is 15.4. The number of aromatic nitrogens is 2. The molecular weight excluding hydrogens is 324 g/mol. The second kappa shape index (κ2) is 8.34. The van der Waals surface area contributed by atoms with Crippen LogP contribution in [0.25, 0.3) is 0 Å². The molecule has 134 valence electrons. The van der Waals surface area contributed by atoms with E-state index in [1.807, 2.05) is 37.3 Å². The Hall–Kier alpha value is -3.08. The molecule has 3 rings (SSSR count). The maximum Gasteiger partial charge on any atom is 0.224 e. The first-order valence-electron chi connectivity index (χ1n) is 8.68. The molecule has 1 aromatic heterocycles. The van der Waals surface area contributed by atoms with Crippen molar-refractivity contribution in [3.63, 3.8) is 0 Å². The average Bonchev–Trinajstić information content (AvgIpc) is 2.64. The molecule has 0 aliphatic heterocycles. The zero-order chi connectivity index (χ0) is 18.4. The first-order chi connectivity index (χ1) is 12.6. The van der Waals surface area contributed by atoms with Crippen LogP contribution in [0.3, 0.4) is 0 Å². The van der Waals surface area contributed by atoms with Crippen LogP contribution in [-0.4, -0.2) is 23.6 Å². The summed E-state index contributed by atoms with van der Waals surface area (Å²) in [5.41, 5.74) is 4.40. The first-order valence-corrected chi connectivity index (χ1v) is 8.68. The monoisotopic (exact) mass is 348 g/mol. The average molecular weight is 348 g/mol. The van der Waals surface area contributed by atoms with Crippen molar-refractivity contribution < 1.29 is 4.74 Å². The Morgan fingerprint density at radius 1 is 0.923 bits per heavy atom. The molecule has 2 aromatic carbocycles. The van der Waals surface area contributed by atoms with Gasteiger partial charge in [-0.05, 0) is 50.1 Å². The minimum Gasteiger partial charge on any atom is -0.497 e. The normalized spacial score (nSPS) is 10.4. The fraction of sp³-hybridized carbons (Fsp3) is 0.238. The Bertz CT molecular complexity index is 845. The number of rotatable bonds is 7. The molecule has 5 nitrogen and oxygen atoms in total. The number of ether oxygens (including phenoxy) is 1. The summed E-state index contributed by atoms with van der Waals surface area (Å²) in [5.74, 6) is 2.29. The predicted molar refractivity (Wildman–Crippen MR) is 106 cm³/mol. The molecule has 26 heavy (non-hydrogen) atoms. The molecule has 0 bridgehead atoms. The highest BCUT2D eigenvalue weighted by Gasteiger charge is 2.03. The third-order valence-electron chi connectivity index (χ3n) is 4.03. The van der Waals surface area contributed by atoms with E-state index in [-0.39, 0.29) is 0 Å². The SMILES string of the molecule is COc1ccc(CCNc2nc(C)cc(Nc3ccc(C)cc3)n2)cc1. The summed E-state index contributed by atoms with van der Waals surface area (Å²) >= 11 is 0. The van der Waals surface area contributed by atoms with Gasteiger partial charge >= 0.3 is 0 Å². The zero-order valence-corrected chi connectivity index (χ0v) is 15.4. The minimum atomic E-state index is 0.633. The fourth-order valence-corrected chi connectivity index (χ4v) is 2.61. The summed E-state index contributed by atoms with van der Waals surface area (Å²) in [6.45, 7) is 4.81. The molecule has 0 saturated heterocycles. The van der Waals surface area contributed by atoms with E-state index in [1.54, 1.807) is 7.11 Å². The van der Waals surface area contributed by atoms with Crippen molar-refractivity contribution in [2.24, 2.45) is 0 Å². The van der Waals surface area contributed by atoms with Crippen LogP contribution in [0.4, 0.5) is 17.5 Å². The lowest BCUT2D eigenvalue weighted by Gasteiger charge is -2.10. The molecular formula is C21H24N4O. The molecule has 2 N–H and O–H groups in total. The Morgan fingerprint density at radius 2 is 1.65 bits per heavy atom. The maximum atomic E-state index is 5.18. The lowest BCUT2D eigenvalue weighted by Crippen LogP contribution is -2.09. The van der Waals surface area contributed by atoms with Gasteiger partial charge in [-0.25, -0.2) is 4.98 Å². The molecule has 0 radical (unpaired) electrons. The van der Waals surface area contributed by atoms with Crippen molar-refractivity contribution in [3.05, 3.63) is 71.4 Å². The second-order valence-electron chi connectivity index (χ2n) is 6.23. The summed E-state index contributed by atoms with van der Waals surface area (Å²) in [5, 5.41) is 6.63. The van der Waals surface area contributed by atoms with Crippen LogP contribution in [0.15, 0.2) is 54.6 Å². The standard InChI is InChI=1S/C21H24N4O/c1-15-4-8-18(9-5-15)24-20-14-16(2)23-21(25-20)22-13-12-17-6-10-19(26-3)11-7-17/h4-11,14H,12-13H2,1-3H3,(H2,22,23,24,25). The smallest absolute Gasteiger partial charge is 0.224 e. The summed E-state index contributed by atoms with van der Waals surface area (Å²) in [7, 11) is 1.67. The van der Waals surface area contributed by atoms with Crippen LogP contribution in [0.1, 0.15) is 16.8 Å². The molecule has 0 saturated carbocycles. The number of nitrogens with zero attached hydrogens (tertiary/aromatic N) is 2. The number of nitrogens with one attached hydrogen (secondary N) is 2. The third-order valence-corrected chi connectivity index (χ3v) is 4.03. The minimum absolute atomic E-state index is 0.633. The number of methoxy groups -OCH3 is 1. The van der Waals surface area contributed by atoms with E-state index >= 15 is 0 Å². The van der Waals surface area contributed by atoms with Gasteiger partial charge in [0.1, 0.15) is 11.6 Å². The van der Waals surface area contributed by atoms with Crippen LogP contribution in [-0.2, 0) is 6.42 Å². The largest absolute Gasteiger partial charge is 0.497 e. The van der Waals surface area contributed by atoms with E-state index in [0.717, 1.165) is 35.9 Å². The summed E-state index contributed by atoms with van der Waals surface area (Å²) in [6, 6.07) is 18.3. The highest BCUT2D eigenvalue weighted by Crippen LogP contribution is 2.17. The van der Waals surface area contributed by atoms with E-state index in [9.17, 15) is 0 Å². The van der Waals surface area contributed by atoms with Crippen LogP contribution in [0, 0.1) is 13.8 Å². The Balaban J connectivity index is 1.60. The van der Waals surface area contributed by atoms with Crippen molar-refractivity contribution in [3.8, 4) is 5.75 Å². The lowest BCUT2D eigenvalue weighted by atomic mass is 10.1. The van der Waals surface area contributed by atoms with Crippen molar-refractivity contribution in [1.82, 2.24) is 9.97 Å². The van der Waals surface area contributed by atoms with Gasteiger partial charge in [0, 0.05) is 24.0 Å². The van der Waals surface area contributed by atoms with Gasteiger partial charge in [0.2, 0.25) is 5.95 Å². The van der Waals surface area contributed by atoms with Gasteiger partial charge in [-0.1, -0.05) is 29.8 Å². The summed E-state index contributed by atoms with van der Waals surface area (Å²) in [6.07, 6.45) is 0.891. The van der Waals surface area contributed by atoms with Crippen LogP contribution in [0.5, 0.6) is 5.75 Å². The molecule has 5 heteroatoms. The van der Waals surface area contributed by atoms with E-state index < -0.39 is 0 Å². The van der Waals surface area contributed by atoms with Gasteiger partial charge in [0.15, 0.2) is 0 Å². The number of hydrogen-bond donors (Lipinski definition) is 2. The van der Waals surface area contributed by atoms with Gasteiger partial charge in [-0.2, -0.15) is 4.98 Å². The predicted octanol–water partition coefficient (Wildman–Crippen LogP) is 4.50. The number of benzene rings is 2. The van der Waals surface area contributed by atoms with Crippen LogP contribution in [0.2, 0.25) is 0 Å². The molecule has 0 unspecified atom stereocenters. The van der Waals surface area contributed by atoms with Gasteiger partial charge in [0.05, 0.1) is 7.11 Å². The van der Waals surface area contributed by atoms with Crippen molar-refractivity contribution in [1.29, 1.82) is 0 Å². The Morgan fingerprint density at radius 3 is 2.35 bits per heavy atom. The quantitative estimate of drug-likeness (QED) is 0.658. The number of aryl methyl sites for hydroxylation is 2. The van der Waals surface area contributed by atoms with Crippen LogP contribution >= 0.6 is 0 Å². The highest BCUT2D eigenvalue weighted by atomic mass is 16.5. The number of hydrogen-bond acceptors (Lipinski definition) is 5. The highest BCUT2D eigenvalue weighted by molar-refractivity contribution is 5.57. The van der Waals surface area contributed by atoms with E-state index in [4.69, 9.17) is 4.74 Å². The van der Waals surface area contributed by atoms with Crippen molar-refractivity contribution in [2.75, 3.05) is 24.3 Å². The molecule has 0 fully saturated rings. The van der Waals surface area contributed by atoms with E-state index in [0.29, 0.717) is 5.95 Å². The van der Waals surface area contributed by atoms with Gasteiger partial charge < -0.3 is 15.4 Å². The fourth-order valence-electron chi connectivity index (χ4n) is 2.61. The summed E-state index contributed by atoms with van der Waals surface area (Å²) in [4.78, 5) is 9.02. The maximum absolute atomic E-state index is 5.18. The van der Waals surface area contributed by atoms with Gasteiger partial charge in [-0.15, -0.1) is 0 Å². The third kappa shape index (κ3) is 4.96. The van der Waals surface area contributed by atoms with Gasteiger partial charge in [0.25, 0.3) is 0 Å². The molecule has 1 heterocycles. The van der Waals surface area contributed by atoms with Gasteiger partial charge in [-0.3, -0.25) is 0 Å². The Kier molecular flexibility index (Phi) is 5.69. The number of anilines is 3. The topological polar surface area (TPSA) is 59.1 Å². The second-order valence-corrected chi connectivity index (χ2v) is 6.23. The van der Waals surface area contributed by atoms with E-state index in [2.05, 4.69) is 51.8 Å². The van der Waals surface area contributed by atoms with Crippen molar-refractivity contribution >= 4 is 17.5 Å². The van der Waals surface area contributed by atoms with Crippen molar-refractivity contribution in [2.45, 2.75) is 20.3 Å². The molecule has 0 aliphatic rings. The lowest BCUT2D eigenvalue weighted by molar-refractivity contribution is 0.414. The molecule has 0 aliphatic carbocycles. The van der Waals surface area contributed by atoms with E-state index in [1.165, 1.54) is 11.1 Å². The summed E-state index contributed by atoms with van der Waals surface area (Å²) < 4.78 is 5.18. The first kappa shape index (κ1) is 17.7. The molecule has 3 aromatic rings. The molecule has 0 amide bonds.